The number of rotatable bonds is 7. The lowest BCUT2D eigenvalue weighted by atomic mass is 10.1. The third kappa shape index (κ3) is 5.05. The van der Waals surface area contributed by atoms with Crippen molar-refractivity contribution in [2.45, 2.75) is 0 Å². The average Bonchev–Trinajstić information content (AvgIpc) is 2.88. The van der Waals surface area contributed by atoms with E-state index < -0.39 is 11.8 Å². The molecule has 1 heterocycles. The number of fused-ring (bicyclic) bond motifs is 1. The van der Waals surface area contributed by atoms with Crippen LogP contribution in [0.4, 0.5) is 5.69 Å². The van der Waals surface area contributed by atoms with E-state index in [-0.39, 0.29) is 5.70 Å². The van der Waals surface area contributed by atoms with Gasteiger partial charge >= 0.3 is 0 Å². The summed E-state index contributed by atoms with van der Waals surface area (Å²) in [6.45, 7) is 0. The first-order valence-corrected chi connectivity index (χ1v) is 10.5. The first kappa shape index (κ1) is 22.5. The van der Waals surface area contributed by atoms with Crippen molar-refractivity contribution >= 4 is 34.4 Å². The standard InChI is InChI=1S/C27H23N3O4/c1-33-24-13-12-20(16-25(24)34-2)26(31)30-23(15-18-7-6-14-28-17-18)27(32)29-22-11-5-9-19-8-3-4-10-21(19)22/h3-17H,1-2H3,(H,29,32)(H,30,31)/b23-15-. The summed E-state index contributed by atoms with van der Waals surface area (Å²) in [4.78, 5) is 30.4. The molecule has 0 fully saturated rings. The van der Waals surface area contributed by atoms with Crippen LogP contribution in [0.25, 0.3) is 16.8 Å². The molecule has 0 bridgehead atoms. The normalized spacial score (nSPS) is 11.1. The zero-order valence-electron chi connectivity index (χ0n) is 18.7. The predicted molar refractivity (Wildman–Crippen MR) is 132 cm³/mol. The lowest BCUT2D eigenvalue weighted by Crippen LogP contribution is -2.30. The highest BCUT2D eigenvalue weighted by molar-refractivity contribution is 6.13. The Balaban J connectivity index is 1.65. The molecule has 0 radical (unpaired) electrons. The van der Waals surface area contributed by atoms with Crippen molar-refractivity contribution in [3.8, 4) is 11.5 Å². The molecule has 4 aromatic rings. The van der Waals surface area contributed by atoms with Gasteiger partial charge in [-0.15, -0.1) is 0 Å². The summed E-state index contributed by atoms with van der Waals surface area (Å²) in [5, 5.41) is 7.53. The Kier molecular flexibility index (Phi) is 6.84. The molecule has 2 N–H and O–H groups in total. The van der Waals surface area contributed by atoms with Crippen LogP contribution >= 0.6 is 0 Å². The number of anilines is 1. The van der Waals surface area contributed by atoms with Crippen LogP contribution in [0.1, 0.15) is 15.9 Å². The van der Waals surface area contributed by atoms with Gasteiger partial charge in [0.05, 0.1) is 14.2 Å². The van der Waals surface area contributed by atoms with Crippen molar-refractivity contribution in [2.24, 2.45) is 0 Å². The topological polar surface area (TPSA) is 89.5 Å². The number of nitrogens with zero attached hydrogens (tertiary/aromatic N) is 1. The summed E-state index contributed by atoms with van der Waals surface area (Å²) in [5.41, 5.74) is 1.69. The maximum absolute atomic E-state index is 13.3. The monoisotopic (exact) mass is 453 g/mol. The Morgan fingerprint density at radius 2 is 1.68 bits per heavy atom. The molecular formula is C27H23N3O4. The maximum atomic E-state index is 13.3. The summed E-state index contributed by atoms with van der Waals surface area (Å²) in [6, 6.07) is 21.7. The van der Waals surface area contributed by atoms with E-state index in [0.717, 1.165) is 10.8 Å². The van der Waals surface area contributed by atoms with E-state index in [4.69, 9.17) is 9.47 Å². The number of carbonyl (C=O) groups is 2. The number of hydrogen-bond acceptors (Lipinski definition) is 5. The molecule has 0 aliphatic rings. The number of methoxy groups -OCH3 is 2. The van der Waals surface area contributed by atoms with Crippen LogP contribution in [0.5, 0.6) is 11.5 Å². The van der Waals surface area contributed by atoms with Crippen molar-refractivity contribution < 1.29 is 19.1 Å². The second-order valence-corrected chi connectivity index (χ2v) is 7.35. The molecule has 1 aromatic heterocycles. The molecule has 0 atom stereocenters. The first-order chi connectivity index (χ1) is 16.6. The molecule has 0 saturated heterocycles. The molecule has 7 heteroatoms. The van der Waals surface area contributed by atoms with Crippen molar-refractivity contribution in [1.29, 1.82) is 0 Å². The van der Waals surface area contributed by atoms with Crippen LogP contribution in [0, 0.1) is 0 Å². The van der Waals surface area contributed by atoms with Crippen LogP contribution in [-0.4, -0.2) is 31.0 Å². The highest BCUT2D eigenvalue weighted by atomic mass is 16.5. The second kappa shape index (κ2) is 10.3. The Labute approximate surface area is 197 Å². The number of nitrogens with one attached hydrogen (secondary N) is 2. The molecule has 0 aliphatic heterocycles. The smallest absolute Gasteiger partial charge is 0.272 e. The number of hydrogen-bond donors (Lipinski definition) is 2. The first-order valence-electron chi connectivity index (χ1n) is 10.5. The van der Waals surface area contributed by atoms with Crippen LogP contribution in [-0.2, 0) is 4.79 Å². The lowest BCUT2D eigenvalue weighted by Gasteiger charge is -2.14. The van der Waals surface area contributed by atoms with Crippen LogP contribution < -0.4 is 20.1 Å². The van der Waals surface area contributed by atoms with E-state index in [9.17, 15) is 9.59 Å². The predicted octanol–water partition coefficient (Wildman–Crippen LogP) is 4.66. The van der Waals surface area contributed by atoms with Crippen LogP contribution in [0.3, 0.4) is 0 Å². The largest absolute Gasteiger partial charge is 0.493 e. The van der Waals surface area contributed by atoms with E-state index in [1.807, 2.05) is 42.5 Å². The Hall–Kier alpha value is -4.65. The van der Waals surface area contributed by atoms with Crippen LogP contribution in [0.2, 0.25) is 0 Å². The summed E-state index contributed by atoms with van der Waals surface area (Å²) < 4.78 is 10.5. The fourth-order valence-electron chi connectivity index (χ4n) is 3.48. The van der Waals surface area contributed by atoms with Crippen molar-refractivity contribution in [3.05, 3.63) is 102 Å². The number of ether oxygens (including phenoxy) is 2. The number of amides is 2. The van der Waals surface area contributed by atoms with Crippen molar-refractivity contribution in [3.63, 3.8) is 0 Å². The molecule has 170 valence electrons. The number of carbonyl (C=O) groups excluding carboxylic acids is 2. The maximum Gasteiger partial charge on any atom is 0.272 e. The van der Waals surface area contributed by atoms with Gasteiger partial charge < -0.3 is 20.1 Å². The fourth-order valence-corrected chi connectivity index (χ4v) is 3.48. The van der Waals surface area contributed by atoms with Gasteiger partial charge in [-0.05, 0) is 47.4 Å². The Bertz CT molecular complexity index is 1360. The zero-order valence-corrected chi connectivity index (χ0v) is 18.7. The molecule has 0 spiro atoms. The average molecular weight is 453 g/mol. The van der Waals surface area contributed by atoms with Crippen molar-refractivity contribution in [2.75, 3.05) is 19.5 Å². The highest BCUT2D eigenvalue weighted by Gasteiger charge is 2.17. The fraction of sp³-hybridized carbons (Fsp3) is 0.0741. The van der Waals surface area contributed by atoms with Gasteiger partial charge in [-0.25, -0.2) is 0 Å². The number of benzene rings is 3. The number of aromatic nitrogens is 1. The van der Waals surface area contributed by atoms with Gasteiger partial charge in [-0.1, -0.05) is 42.5 Å². The van der Waals surface area contributed by atoms with Gasteiger partial charge in [-0.2, -0.15) is 0 Å². The molecule has 34 heavy (non-hydrogen) atoms. The highest BCUT2D eigenvalue weighted by Crippen LogP contribution is 2.28. The second-order valence-electron chi connectivity index (χ2n) is 7.35. The summed E-state index contributed by atoms with van der Waals surface area (Å²) in [7, 11) is 3.01. The van der Waals surface area contributed by atoms with Gasteiger partial charge in [-0.3, -0.25) is 14.6 Å². The van der Waals surface area contributed by atoms with Gasteiger partial charge in [0.15, 0.2) is 11.5 Å². The third-order valence-corrected chi connectivity index (χ3v) is 5.17. The number of pyridine rings is 1. The van der Waals surface area contributed by atoms with E-state index >= 15 is 0 Å². The molecule has 2 amide bonds. The van der Waals surface area contributed by atoms with Crippen LogP contribution in [0.15, 0.2) is 90.9 Å². The van der Waals surface area contributed by atoms with E-state index in [2.05, 4.69) is 15.6 Å². The van der Waals surface area contributed by atoms with Gasteiger partial charge in [0, 0.05) is 29.0 Å². The van der Waals surface area contributed by atoms with Crippen molar-refractivity contribution in [1.82, 2.24) is 10.3 Å². The third-order valence-electron chi connectivity index (χ3n) is 5.17. The lowest BCUT2D eigenvalue weighted by molar-refractivity contribution is -0.113. The molecule has 0 unspecified atom stereocenters. The molecule has 0 saturated carbocycles. The summed E-state index contributed by atoms with van der Waals surface area (Å²) in [5.74, 6) is -0.0229. The molecule has 0 aliphatic carbocycles. The SMILES string of the molecule is COc1ccc(C(=O)N/C(=C\c2cccnc2)C(=O)Nc2cccc3ccccc23)cc1OC. The minimum absolute atomic E-state index is 0.0701. The minimum atomic E-state index is -0.468. The quantitative estimate of drug-likeness (QED) is 0.397. The summed E-state index contributed by atoms with van der Waals surface area (Å²) in [6.07, 6.45) is 4.81. The summed E-state index contributed by atoms with van der Waals surface area (Å²) >= 11 is 0. The van der Waals surface area contributed by atoms with E-state index in [0.29, 0.717) is 28.3 Å². The van der Waals surface area contributed by atoms with Gasteiger partial charge in [0.2, 0.25) is 0 Å². The Morgan fingerprint density at radius 3 is 2.44 bits per heavy atom. The molecule has 4 rings (SSSR count). The molecule has 3 aromatic carbocycles. The van der Waals surface area contributed by atoms with E-state index in [1.54, 1.807) is 48.8 Å². The molecule has 7 nitrogen and oxygen atoms in total. The minimum Gasteiger partial charge on any atom is -0.493 e. The Morgan fingerprint density at radius 1 is 0.882 bits per heavy atom. The van der Waals surface area contributed by atoms with E-state index in [1.165, 1.54) is 14.2 Å². The zero-order chi connectivity index (χ0) is 23.9. The molecular weight excluding hydrogens is 430 g/mol. The van der Waals surface area contributed by atoms with Gasteiger partial charge in [0.1, 0.15) is 5.70 Å². The van der Waals surface area contributed by atoms with Gasteiger partial charge in [0.25, 0.3) is 11.8 Å².